The van der Waals surface area contributed by atoms with Gasteiger partial charge >= 0.3 is 0 Å². The van der Waals surface area contributed by atoms with Crippen molar-refractivity contribution in [1.29, 1.82) is 0 Å². The Morgan fingerprint density at radius 1 is 1.60 bits per heavy atom. The second kappa shape index (κ2) is 3.93. The number of rotatable bonds is 2. The van der Waals surface area contributed by atoms with Crippen LogP contribution >= 0.6 is 0 Å². The Kier molecular flexibility index (Phi) is 3.54. The molecular formula is C7H15N3. The van der Waals surface area contributed by atoms with Gasteiger partial charge in [-0.2, -0.15) is 0 Å². The van der Waals surface area contributed by atoms with Crippen molar-refractivity contribution < 1.29 is 0 Å². The van der Waals surface area contributed by atoms with Crippen molar-refractivity contribution in [2.45, 2.75) is 27.3 Å². The smallest absolute Gasteiger partial charge is 0.200 e. The molecule has 58 valence electrons. The van der Waals surface area contributed by atoms with Gasteiger partial charge in [-0.05, 0) is 13.8 Å². The normalized spacial score (nSPS) is 9.10. The minimum Gasteiger partial charge on any atom is -0.354 e. The topological polar surface area (TPSA) is 40.7 Å². The van der Waals surface area contributed by atoms with Crippen LogP contribution in [0, 0.1) is 0 Å². The first-order chi connectivity index (χ1) is 4.29. The fraction of sp³-hybridized carbons (Fsp3) is 0.571. The van der Waals surface area contributed by atoms with Gasteiger partial charge in [0, 0.05) is 18.4 Å². The van der Waals surface area contributed by atoms with Gasteiger partial charge in [-0.3, -0.25) is 0 Å². The highest BCUT2D eigenvalue weighted by Gasteiger charge is 1.93. The first kappa shape index (κ1) is 9.01. The van der Waals surface area contributed by atoms with E-state index in [1.54, 1.807) is 12.4 Å². The lowest BCUT2D eigenvalue weighted by molar-refractivity contribution is 0.882. The predicted molar refractivity (Wildman–Crippen MR) is 44.1 cm³/mol. The summed E-state index contributed by atoms with van der Waals surface area (Å²) in [5.74, 6) is 0.838. The van der Waals surface area contributed by atoms with Crippen LogP contribution in [0.15, 0.2) is 12.4 Å². The molecule has 3 nitrogen and oxygen atoms in total. The van der Waals surface area contributed by atoms with Crippen LogP contribution in [-0.4, -0.2) is 16.0 Å². The molecule has 0 amide bonds. The third-order valence-corrected chi connectivity index (χ3v) is 0.924. The molecule has 0 aromatic carbocycles. The summed E-state index contributed by atoms with van der Waals surface area (Å²) >= 11 is 0. The number of anilines is 1. The molecular weight excluding hydrogens is 126 g/mol. The van der Waals surface area contributed by atoms with Gasteiger partial charge in [-0.1, -0.05) is 7.43 Å². The van der Waals surface area contributed by atoms with Gasteiger partial charge in [-0.25, -0.2) is 4.98 Å². The molecule has 0 saturated heterocycles. The van der Waals surface area contributed by atoms with Crippen LogP contribution in [0.2, 0.25) is 0 Å². The van der Waals surface area contributed by atoms with Crippen LogP contribution < -0.4 is 5.32 Å². The summed E-state index contributed by atoms with van der Waals surface area (Å²) in [6, 6.07) is 0.441. The van der Waals surface area contributed by atoms with E-state index < -0.39 is 0 Å². The molecule has 1 rings (SSSR count). The highest BCUT2D eigenvalue weighted by Crippen LogP contribution is 1.96. The van der Waals surface area contributed by atoms with E-state index in [2.05, 4.69) is 29.1 Å². The molecule has 0 aliphatic carbocycles. The fourth-order valence-electron chi connectivity index (χ4n) is 0.618. The molecule has 10 heavy (non-hydrogen) atoms. The van der Waals surface area contributed by atoms with Crippen LogP contribution in [0.25, 0.3) is 0 Å². The van der Waals surface area contributed by atoms with E-state index >= 15 is 0 Å². The summed E-state index contributed by atoms with van der Waals surface area (Å²) in [4.78, 5) is 6.94. The van der Waals surface area contributed by atoms with Crippen LogP contribution in [0.4, 0.5) is 5.95 Å². The number of hydrogen-bond donors (Lipinski definition) is 2. The largest absolute Gasteiger partial charge is 0.354 e. The molecule has 0 fully saturated rings. The van der Waals surface area contributed by atoms with Gasteiger partial charge in [-0.15, -0.1) is 0 Å². The maximum atomic E-state index is 3.99. The number of nitrogens with one attached hydrogen (secondary N) is 2. The Labute approximate surface area is 61.9 Å². The van der Waals surface area contributed by atoms with Gasteiger partial charge in [0.25, 0.3) is 0 Å². The third kappa shape index (κ3) is 2.53. The van der Waals surface area contributed by atoms with E-state index in [1.807, 2.05) is 0 Å². The van der Waals surface area contributed by atoms with E-state index in [4.69, 9.17) is 0 Å². The molecule has 1 heterocycles. The van der Waals surface area contributed by atoms with E-state index in [-0.39, 0.29) is 7.43 Å². The minimum atomic E-state index is 0. The molecule has 1 aromatic heterocycles. The standard InChI is InChI=1S/C6H11N3.CH4/c1-5(2)9-6-7-3-4-8-6;/h3-5H,1-2H3,(H2,7,8,9);1H4. The lowest BCUT2D eigenvalue weighted by atomic mass is 10.4. The number of hydrogen-bond acceptors (Lipinski definition) is 2. The maximum Gasteiger partial charge on any atom is 0.200 e. The van der Waals surface area contributed by atoms with Gasteiger partial charge < -0.3 is 10.3 Å². The predicted octanol–water partition coefficient (Wildman–Crippen LogP) is 1.87. The van der Waals surface area contributed by atoms with Crippen molar-refractivity contribution in [2.24, 2.45) is 0 Å². The summed E-state index contributed by atoms with van der Waals surface area (Å²) in [6.45, 7) is 4.14. The minimum absolute atomic E-state index is 0. The third-order valence-electron chi connectivity index (χ3n) is 0.924. The monoisotopic (exact) mass is 141 g/mol. The Bertz CT molecular complexity index is 155. The summed E-state index contributed by atoms with van der Waals surface area (Å²) in [6.07, 6.45) is 3.52. The highest BCUT2D eigenvalue weighted by atomic mass is 15.1. The van der Waals surface area contributed by atoms with Gasteiger partial charge in [0.1, 0.15) is 0 Å². The zero-order valence-corrected chi connectivity index (χ0v) is 5.68. The molecule has 0 aliphatic heterocycles. The number of imidazole rings is 1. The van der Waals surface area contributed by atoms with Gasteiger partial charge in [0.05, 0.1) is 0 Å². The average Bonchev–Trinajstić information content (AvgIpc) is 2.15. The quantitative estimate of drug-likeness (QED) is 0.660. The second-order valence-corrected chi connectivity index (χ2v) is 2.24. The van der Waals surface area contributed by atoms with Crippen LogP contribution in [0.3, 0.4) is 0 Å². The van der Waals surface area contributed by atoms with Crippen LogP contribution in [0.1, 0.15) is 21.3 Å². The molecule has 0 saturated carbocycles. The molecule has 1 aromatic rings. The Morgan fingerprint density at radius 2 is 2.30 bits per heavy atom. The molecule has 2 N–H and O–H groups in total. The molecule has 0 spiro atoms. The summed E-state index contributed by atoms with van der Waals surface area (Å²) in [5.41, 5.74) is 0. The lowest BCUT2D eigenvalue weighted by Gasteiger charge is -2.03. The molecule has 0 bridgehead atoms. The maximum absolute atomic E-state index is 3.99. The number of nitrogens with zero attached hydrogens (tertiary/aromatic N) is 1. The molecule has 0 atom stereocenters. The number of aromatic nitrogens is 2. The summed E-state index contributed by atoms with van der Waals surface area (Å²) in [7, 11) is 0. The second-order valence-electron chi connectivity index (χ2n) is 2.24. The number of H-pyrrole nitrogens is 1. The van der Waals surface area contributed by atoms with E-state index in [0.717, 1.165) is 5.95 Å². The number of aromatic amines is 1. The molecule has 0 radical (unpaired) electrons. The van der Waals surface area contributed by atoms with Gasteiger partial charge in [0.2, 0.25) is 0 Å². The highest BCUT2D eigenvalue weighted by molar-refractivity contribution is 5.23. The SMILES string of the molecule is C.CC(C)Nc1ncc[nH]1. The zero-order valence-electron chi connectivity index (χ0n) is 5.68. The van der Waals surface area contributed by atoms with Crippen LogP contribution in [-0.2, 0) is 0 Å². The van der Waals surface area contributed by atoms with Crippen molar-refractivity contribution in [1.82, 2.24) is 9.97 Å². The zero-order chi connectivity index (χ0) is 6.69. The average molecular weight is 141 g/mol. The lowest BCUT2D eigenvalue weighted by Crippen LogP contribution is -2.10. The van der Waals surface area contributed by atoms with Crippen molar-refractivity contribution in [2.75, 3.05) is 5.32 Å². The fourth-order valence-corrected chi connectivity index (χ4v) is 0.618. The first-order valence-electron chi connectivity index (χ1n) is 3.05. The van der Waals surface area contributed by atoms with Crippen molar-refractivity contribution in [3.63, 3.8) is 0 Å². The molecule has 0 aliphatic rings. The van der Waals surface area contributed by atoms with Crippen LogP contribution in [0.5, 0.6) is 0 Å². The summed E-state index contributed by atoms with van der Waals surface area (Å²) < 4.78 is 0. The van der Waals surface area contributed by atoms with E-state index in [9.17, 15) is 0 Å². The Hall–Kier alpha value is -0.990. The van der Waals surface area contributed by atoms with Crippen molar-refractivity contribution >= 4 is 5.95 Å². The Morgan fingerprint density at radius 3 is 2.70 bits per heavy atom. The van der Waals surface area contributed by atoms with E-state index in [0.29, 0.717) is 6.04 Å². The van der Waals surface area contributed by atoms with Gasteiger partial charge in [0.15, 0.2) is 5.95 Å². The van der Waals surface area contributed by atoms with Crippen molar-refractivity contribution in [3.8, 4) is 0 Å². The van der Waals surface area contributed by atoms with E-state index in [1.165, 1.54) is 0 Å². The summed E-state index contributed by atoms with van der Waals surface area (Å²) in [5, 5.41) is 3.12. The Balaban J connectivity index is 0.000000810. The molecule has 0 unspecified atom stereocenters. The first-order valence-corrected chi connectivity index (χ1v) is 3.05. The molecule has 3 heteroatoms. The van der Waals surface area contributed by atoms with Crippen molar-refractivity contribution in [3.05, 3.63) is 12.4 Å².